The van der Waals surface area contributed by atoms with E-state index >= 15 is 0 Å². The molecule has 0 N–H and O–H groups in total. The molecule has 1 saturated heterocycles. The SMILES string of the molecule is CC(C)(C)c1cccc(S(=O)(=O)c2cc(OCC3CO3)cc(C(C)(C)C)c2)c1. The van der Waals surface area contributed by atoms with Crippen molar-refractivity contribution < 1.29 is 17.9 Å². The molecule has 0 aliphatic carbocycles. The highest BCUT2D eigenvalue weighted by atomic mass is 32.2. The maximum Gasteiger partial charge on any atom is 0.206 e. The Bertz CT molecular complexity index is 959. The first-order chi connectivity index (χ1) is 12.9. The second kappa shape index (κ2) is 7.20. The summed E-state index contributed by atoms with van der Waals surface area (Å²) in [5.74, 6) is 0.563. The fourth-order valence-electron chi connectivity index (χ4n) is 2.86. The van der Waals surface area contributed by atoms with Crippen LogP contribution in [0.5, 0.6) is 5.75 Å². The predicted octanol–water partition coefficient (Wildman–Crippen LogP) is 4.89. The lowest BCUT2D eigenvalue weighted by atomic mass is 9.87. The third-order valence-corrected chi connectivity index (χ3v) is 6.64. The van der Waals surface area contributed by atoms with E-state index in [4.69, 9.17) is 9.47 Å². The van der Waals surface area contributed by atoms with E-state index in [1.54, 1.807) is 24.3 Å². The molecule has 0 radical (unpaired) electrons. The first kappa shape index (κ1) is 20.9. The zero-order chi connectivity index (χ0) is 20.7. The van der Waals surface area contributed by atoms with Crippen molar-refractivity contribution in [2.75, 3.05) is 13.2 Å². The molecule has 5 heteroatoms. The number of epoxide rings is 1. The van der Waals surface area contributed by atoms with Gasteiger partial charge in [-0.2, -0.15) is 0 Å². The van der Waals surface area contributed by atoms with E-state index in [1.165, 1.54) is 0 Å². The van der Waals surface area contributed by atoms with Gasteiger partial charge < -0.3 is 9.47 Å². The first-order valence-corrected chi connectivity index (χ1v) is 11.1. The summed E-state index contributed by atoms with van der Waals surface area (Å²) in [6, 6.07) is 12.5. The molecule has 0 aromatic heterocycles. The van der Waals surface area contributed by atoms with Crippen molar-refractivity contribution in [2.24, 2.45) is 0 Å². The topological polar surface area (TPSA) is 55.9 Å². The quantitative estimate of drug-likeness (QED) is 0.668. The Balaban J connectivity index is 2.06. The number of hydrogen-bond acceptors (Lipinski definition) is 4. The minimum atomic E-state index is -3.66. The lowest BCUT2D eigenvalue weighted by molar-refractivity contribution is 0.262. The van der Waals surface area contributed by atoms with Gasteiger partial charge in [-0.1, -0.05) is 53.7 Å². The van der Waals surface area contributed by atoms with Gasteiger partial charge in [-0.25, -0.2) is 8.42 Å². The van der Waals surface area contributed by atoms with Gasteiger partial charge in [0.05, 0.1) is 16.4 Å². The Morgan fingerprint density at radius 3 is 2.11 bits per heavy atom. The van der Waals surface area contributed by atoms with Crippen LogP contribution in [0.3, 0.4) is 0 Å². The summed E-state index contributed by atoms with van der Waals surface area (Å²) < 4.78 is 37.9. The first-order valence-electron chi connectivity index (χ1n) is 9.63. The molecular weight excluding hydrogens is 372 g/mol. The lowest BCUT2D eigenvalue weighted by Crippen LogP contribution is -2.15. The largest absolute Gasteiger partial charge is 0.491 e. The van der Waals surface area contributed by atoms with Crippen LogP contribution in [0.25, 0.3) is 0 Å². The number of sulfone groups is 1. The van der Waals surface area contributed by atoms with Crippen LogP contribution in [0.15, 0.2) is 52.3 Å². The summed E-state index contributed by atoms with van der Waals surface area (Å²) in [4.78, 5) is 0.570. The number of rotatable bonds is 5. The van der Waals surface area contributed by atoms with Gasteiger partial charge in [0.1, 0.15) is 18.5 Å². The molecule has 2 aromatic rings. The molecule has 0 amide bonds. The second-order valence-electron chi connectivity index (χ2n) is 9.49. The number of benzene rings is 2. The van der Waals surface area contributed by atoms with E-state index in [1.807, 2.05) is 18.2 Å². The predicted molar refractivity (Wildman–Crippen MR) is 111 cm³/mol. The molecule has 3 rings (SSSR count). The van der Waals surface area contributed by atoms with Crippen molar-refractivity contribution in [3.63, 3.8) is 0 Å². The minimum Gasteiger partial charge on any atom is -0.491 e. The molecule has 1 fully saturated rings. The zero-order valence-corrected chi connectivity index (χ0v) is 18.4. The summed E-state index contributed by atoms with van der Waals surface area (Å²) in [7, 11) is -3.66. The fourth-order valence-corrected chi connectivity index (χ4v) is 4.23. The third kappa shape index (κ3) is 4.76. The normalized spacial score (nSPS) is 17.4. The van der Waals surface area contributed by atoms with Gasteiger partial charge in [-0.05, 0) is 52.3 Å². The van der Waals surface area contributed by atoms with E-state index in [9.17, 15) is 8.42 Å². The molecule has 1 heterocycles. The van der Waals surface area contributed by atoms with Crippen LogP contribution in [0.2, 0.25) is 0 Å². The van der Waals surface area contributed by atoms with E-state index in [0.717, 1.165) is 11.1 Å². The van der Waals surface area contributed by atoms with Crippen LogP contribution in [0.4, 0.5) is 0 Å². The van der Waals surface area contributed by atoms with Gasteiger partial charge in [0.25, 0.3) is 0 Å². The molecule has 1 aliphatic heterocycles. The minimum absolute atomic E-state index is 0.113. The van der Waals surface area contributed by atoms with Crippen LogP contribution >= 0.6 is 0 Å². The van der Waals surface area contributed by atoms with Crippen molar-refractivity contribution in [2.45, 2.75) is 68.3 Å². The second-order valence-corrected chi connectivity index (χ2v) is 11.4. The monoisotopic (exact) mass is 402 g/mol. The molecule has 152 valence electrons. The highest BCUT2D eigenvalue weighted by Gasteiger charge is 2.26. The van der Waals surface area contributed by atoms with Gasteiger partial charge in [0.15, 0.2) is 0 Å². The molecule has 4 nitrogen and oxygen atoms in total. The molecule has 28 heavy (non-hydrogen) atoms. The van der Waals surface area contributed by atoms with Crippen LogP contribution in [-0.4, -0.2) is 27.7 Å². The number of ether oxygens (including phenoxy) is 2. The molecule has 1 unspecified atom stereocenters. The van der Waals surface area contributed by atoms with Gasteiger partial charge in [-0.3, -0.25) is 0 Å². The van der Waals surface area contributed by atoms with Crippen molar-refractivity contribution in [1.29, 1.82) is 0 Å². The smallest absolute Gasteiger partial charge is 0.206 e. The molecule has 1 aliphatic rings. The Hall–Kier alpha value is -1.85. The summed E-state index contributed by atoms with van der Waals surface area (Å²) >= 11 is 0. The maximum absolute atomic E-state index is 13.4. The van der Waals surface area contributed by atoms with Crippen molar-refractivity contribution in [1.82, 2.24) is 0 Å². The highest BCUT2D eigenvalue weighted by Crippen LogP contribution is 2.33. The molecule has 2 aromatic carbocycles. The average Bonchev–Trinajstić information content (AvgIpc) is 3.43. The Morgan fingerprint density at radius 1 is 0.929 bits per heavy atom. The van der Waals surface area contributed by atoms with Crippen LogP contribution in [-0.2, 0) is 25.4 Å². The van der Waals surface area contributed by atoms with Gasteiger partial charge >= 0.3 is 0 Å². The van der Waals surface area contributed by atoms with Gasteiger partial charge in [-0.15, -0.1) is 0 Å². The van der Waals surface area contributed by atoms with Gasteiger partial charge in [0, 0.05) is 0 Å². The summed E-state index contributed by atoms with van der Waals surface area (Å²) in [5, 5.41) is 0. The van der Waals surface area contributed by atoms with Gasteiger partial charge in [0.2, 0.25) is 9.84 Å². The van der Waals surface area contributed by atoms with E-state index in [-0.39, 0.29) is 21.8 Å². The maximum atomic E-state index is 13.4. The van der Waals surface area contributed by atoms with Crippen molar-refractivity contribution >= 4 is 9.84 Å². The third-order valence-electron chi connectivity index (χ3n) is 4.90. The highest BCUT2D eigenvalue weighted by molar-refractivity contribution is 7.91. The van der Waals surface area contributed by atoms with Crippen molar-refractivity contribution in [3.05, 3.63) is 53.6 Å². The van der Waals surface area contributed by atoms with Crippen LogP contribution < -0.4 is 4.74 Å². The summed E-state index contributed by atoms with van der Waals surface area (Å²) in [5.41, 5.74) is 1.58. The van der Waals surface area contributed by atoms with E-state index in [0.29, 0.717) is 23.9 Å². The Kier molecular flexibility index (Phi) is 5.36. The zero-order valence-electron chi connectivity index (χ0n) is 17.6. The van der Waals surface area contributed by atoms with E-state index < -0.39 is 9.84 Å². The molecular formula is C23H30O4S. The van der Waals surface area contributed by atoms with Crippen molar-refractivity contribution in [3.8, 4) is 5.75 Å². The molecule has 1 atom stereocenters. The number of hydrogen-bond donors (Lipinski definition) is 0. The fraction of sp³-hybridized carbons (Fsp3) is 0.478. The Morgan fingerprint density at radius 2 is 1.54 bits per heavy atom. The summed E-state index contributed by atoms with van der Waals surface area (Å²) in [6.45, 7) is 13.5. The average molecular weight is 403 g/mol. The molecule has 0 bridgehead atoms. The van der Waals surface area contributed by atoms with E-state index in [2.05, 4.69) is 41.5 Å². The Labute approximate surface area is 168 Å². The molecule has 0 saturated carbocycles. The molecule has 0 spiro atoms. The van der Waals surface area contributed by atoms with Crippen LogP contribution in [0.1, 0.15) is 52.7 Å². The van der Waals surface area contributed by atoms with Crippen LogP contribution in [0, 0.1) is 0 Å². The standard InChI is InChI=1S/C23H30O4S/c1-22(2,3)16-8-7-9-20(11-16)28(24,25)21-12-17(23(4,5)6)10-18(13-21)26-14-19-15-27-19/h7-13,19H,14-15H2,1-6H3. The lowest BCUT2D eigenvalue weighted by Gasteiger charge is -2.22. The summed E-state index contributed by atoms with van der Waals surface area (Å²) in [6.07, 6.45) is 0.113.